The van der Waals surface area contributed by atoms with Crippen LogP contribution in [-0.2, 0) is 0 Å². The molecule has 0 N–H and O–H groups in total. The number of hydrogen-bond donors (Lipinski definition) is 0. The fourth-order valence-corrected chi connectivity index (χ4v) is 0. The Hall–Kier alpha value is 4.16. The van der Waals surface area contributed by atoms with Crippen LogP contribution in [0.15, 0.2) is 0 Å². The van der Waals surface area contributed by atoms with Gasteiger partial charge < -0.3 is 0 Å². The van der Waals surface area contributed by atoms with Gasteiger partial charge in [-0.15, -0.1) is 49.6 Å². The maximum absolute atomic E-state index is 0. The van der Waals surface area contributed by atoms with Crippen LogP contribution >= 0.6 is 49.6 Å². The second-order valence-electron chi connectivity index (χ2n) is 0. The number of rotatable bonds is 0. The molecule has 0 rings (SSSR count). The zero-order chi connectivity index (χ0) is 0. The van der Waals surface area contributed by atoms with Crippen molar-refractivity contribution in [3.8, 4) is 0 Å². The van der Waals surface area contributed by atoms with Crippen molar-refractivity contribution in [3.05, 3.63) is 0 Å². The Bertz CT molecular complexity index is 6.90. The molecule has 0 fully saturated rings. The maximum atomic E-state index is 0. The molecule has 0 unspecified atom stereocenters. The molecule has 7 heavy (non-hydrogen) atoms. The summed E-state index contributed by atoms with van der Waals surface area (Å²) >= 11 is 0. The van der Waals surface area contributed by atoms with Gasteiger partial charge in [-0.05, 0) is 0 Å². The summed E-state index contributed by atoms with van der Waals surface area (Å²) in [5.41, 5.74) is 0. The zero-order valence-corrected chi connectivity index (χ0v) is 4.90. The van der Waals surface area contributed by atoms with Crippen LogP contribution in [-0.4, -0.2) is 88.7 Å². The summed E-state index contributed by atoms with van der Waals surface area (Å²) < 4.78 is 0. The van der Waals surface area contributed by atoms with Crippen LogP contribution in [0.1, 0.15) is 0 Å². The second kappa shape index (κ2) is 49.3. The van der Waals surface area contributed by atoms with E-state index in [9.17, 15) is 0 Å². The standard InChI is InChI=1S/4ClH.3Na.3H/h4*1H;;;;;;. The van der Waals surface area contributed by atoms with Crippen LogP contribution in [0.5, 0.6) is 0 Å². The summed E-state index contributed by atoms with van der Waals surface area (Å²) in [7, 11) is 0. The van der Waals surface area contributed by atoms with Crippen LogP contribution < -0.4 is 0 Å². The molecule has 0 aliphatic heterocycles. The van der Waals surface area contributed by atoms with Crippen LogP contribution in [0, 0.1) is 0 Å². The van der Waals surface area contributed by atoms with E-state index in [4.69, 9.17) is 0 Å². The summed E-state index contributed by atoms with van der Waals surface area (Å²) in [6.07, 6.45) is 0. The van der Waals surface area contributed by atoms with E-state index in [1.54, 1.807) is 0 Å². The normalized spacial score (nSPS) is 0. The molecular formula is H7Cl4Na3. The monoisotopic (exact) mass is 216 g/mol. The van der Waals surface area contributed by atoms with Gasteiger partial charge in [-0.2, -0.15) is 0 Å². The first-order chi connectivity index (χ1) is 0. The van der Waals surface area contributed by atoms with E-state index in [0.29, 0.717) is 0 Å². The third-order valence-corrected chi connectivity index (χ3v) is 0. The molecule has 0 spiro atoms. The van der Waals surface area contributed by atoms with Gasteiger partial charge in [-0.25, -0.2) is 0 Å². The van der Waals surface area contributed by atoms with Crippen molar-refractivity contribution in [2.75, 3.05) is 0 Å². The Morgan fingerprint density at radius 3 is 0.286 bits per heavy atom. The van der Waals surface area contributed by atoms with Crippen molar-refractivity contribution >= 4 is 138 Å². The SMILES string of the molecule is Cl.Cl.Cl.Cl.[NaH].[NaH].[NaH]. The molecule has 0 atom stereocenters. The van der Waals surface area contributed by atoms with Gasteiger partial charge in [0.15, 0.2) is 0 Å². The van der Waals surface area contributed by atoms with Crippen molar-refractivity contribution in [1.82, 2.24) is 0 Å². The molecule has 0 aliphatic carbocycles. The third-order valence-electron chi connectivity index (χ3n) is 0. The van der Waals surface area contributed by atoms with E-state index in [1.807, 2.05) is 0 Å². The molecule has 38 valence electrons. The average molecular weight is 218 g/mol. The van der Waals surface area contributed by atoms with Crippen molar-refractivity contribution in [3.63, 3.8) is 0 Å². The molecule has 0 saturated heterocycles. The first-order valence-electron chi connectivity index (χ1n) is 0. The summed E-state index contributed by atoms with van der Waals surface area (Å²) in [6.45, 7) is 0. The van der Waals surface area contributed by atoms with Crippen molar-refractivity contribution < 1.29 is 0 Å². The molecule has 0 aromatic rings. The molecule has 0 saturated carbocycles. The average Bonchev–Trinajstić information content (AvgIpc) is 0. The molecule has 0 bridgehead atoms. The predicted octanol–water partition coefficient (Wildman–Crippen LogP) is -0.258. The van der Waals surface area contributed by atoms with Crippen LogP contribution in [0.3, 0.4) is 0 Å². The topological polar surface area (TPSA) is 0 Å². The number of halogens is 4. The quantitative estimate of drug-likeness (QED) is 0.491. The third kappa shape index (κ3) is 39.1. The molecule has 0 amide bonds. The molecule has 0 aromatic heterocycles. The van der Waals surface area contributed by atoms with E-state index in [-0.39, 0.29) is 138 Å². The molecular weight excluding hydrogens is 211 g/mol. The molecule has 7 heteroatoms. The molecule has 0 radical (unpaired) electrons. The molecule has 0 aliphatic rings. The van der Waals surface area contributed by atoms with E-state index < -0.39 is 0 Å². The van der Waals surface area contributed by atoms with Gasteiger partial charge in [0.25, 0.3) is 0 Å². The van der Waals surface area contributed by atoms with Crippen LogP contribution in [0.4, 0.5) is 0 Å². The van der Waals surface area contributed by atoms with Crippen LogP contribution in [0.25, 0.3) is 0 Å². The number of hydrogen-bond acceptors (Lipinski definition) is 0. The fourth-order valence-electron chi connectivity index (χ4n) is 0. The van der Waals surface area contributed by atoms with Gasteiger partial charge in [0.1, 0.15) is 0 Å². The van der Waals surface area contributed by atoms with Gasteiger partial charge in [0.2, 0.25) is 0 Å². The van der Waals surface area contributed by atoms with Gasteiger partial charge in [-0.1, -0.05) is 0 Å². The van der Waals surface area contributed by atoms with E-state index >= 15 is 0 Å². The van der Waals surface area contributed by atoms with Crippen LogP contribution in [0.2, 0.25) is 0 Å². The Morgan fingerprint density at radius 1 is 0.286 bits per heavy atom. The minimum atomic E-state index is 0. The Kier molecular flexibility index (Phi) is 468. The van der Waals surface area contributed by atoms with Gasteiger partial charge >= 0.3 is 88.7 Å². The minimum absolute atomic E-state index is 0. The van der Waals surface area contributed by atoms with Crippen molar-refractivity contribution in [2.45, 2.75) is 0 Å². The Morgan fingerprint density at radius 2 is 0.286 bits per heavy atom. The molecule has 0 aromatic carbocycles. The van der Waals surface area contributed by atoms with Gasteiger partial charge in [0, 0.05) is 0 Å². The Balaban J connectivity index is 0. The summed E-state index contributed by atoms with van der Waals surface area (Å²) in [4.78, 5) is 0. The zero-order valence-electron chi connectivity index (χ0n) is 1.63. The molecule has 0 heterocycles. The van der Waals surface area contributed by atoms with E-state index in [0.717, 1.165) is 0 Å². The van der Waals surface area contributed by atoms with Gasteiger partial charge in [-0.3, -0.25) is 0 Å². The predicted molar refractivity (Wildman–Crippen MR) is 50.4 cm³/mol. The van der Waals surface area contributed by atoms with Crippen molar-refractivity contribution in [1.29, 1.82) is 0 Å². The first kappa shape index (κ1) is 66.6. The summed E-state index contributed by atoms with van der Waals surface area (Å²) in [5.74, 6) is 0. The van der Waals surface area contributed by atoms with E-state index in [1.165, 1.54) is 0 Å². The molecule has 0 nitrogen and oxygen atoms in total. The van der Waals surface area contributed by atoms with E-state index in [2.05, 4.69) is 0 Å². The van der Waals surface area contributed by atoms with Gasteiger partial charge in [0.05, 0.1) is 0 Å². The first-order valence-corrected chi connectivity index (χ1v) is 0. The Labute approximate surface area is 135 Å². The summed E-state index contributed by atoms with van der Waals surface area (Å²) in [6, 6.07) is 0. The van der Waals surface area contributed by atoms with Crippen molar-refractivity contribution in [2.24, 2.45) is 0 Å². The summed E-state index contributed by atoms with van der Waals surface area (Å²) in [5, 5.41) is 0. The second-order valence-corrected chi connectivity index (χ2v) is 0. The fraction of sp³-hybridized carbons (Fsp3) is 0.